The third-order valence-electron chi connectivity index (χ3n) is 1.70. The summed E-state index contributed by atoms with van der Waals surface area (Å²) in [6.07, 6.45) is 2.15. The normalized spacial score (nSPS) is 23.2. The number of hydrogen-bond acceptors (Lipinski definition) is 3. The first-order valence-electron chi connectivity index (χ1n) is 4.33. The van der Waals surface area contributed by atoms with Crippen LogP contribution in [0.2, 0.25) is 6.82 Å². The second-order valence-electron chi connectivity index (χ2n) is 2.77. The van der Waals surface area contributed by atoms with E-state index in [0.29, 0.717) is 0 Å². The second kappa shape index (κ2) is 5.58. The Labute approximate surface area is 68.6 Å². The average Bonchev–Trinajstić information content (AvgIpc) is 2.03. The van der Waals surface area contributed by atoms with E-state index in [-0.39, 0.29) is 7.12 Å². The highest BCUT2D eigenvalue weighted by Gasteiger charge is 2.09. The summed E-state index contributed by atoms with van der Waals surface area (Å²) >= 11 is 0. The molecule has 11 heavy (non-hydrogen) atoms. The van der Waals surface area contributed by atoms with Gasteiger partial charge in [-0.05, 0) is 32.8 Å². The molecule has 0 atom stereocenters. The van der Waals surface area contributed by atoms with Crippen molar-refractivity contribution in [3.05, 3.63) is 0 Å². The van der Waals surface area contributed by atoms with Crippen molar-refractivity contribution in [1.29, 1.82) is 0 Å². The van der Waals surface area contributed by atoms with Crippen molar-refractivity contribution in [1.82, 2.24) is 5.32 Å². The van der Waals surface area contributed by atoms with E-state index >= 15 is 0 Å². The monoisotopic (exact) mass is 157 g/mol. The molecule has 1 aliphatic heterocycles. The van der Waals surface area contributed by atoms with E-state index in [0.717, 1.165) is 39.1 Å². The maximum absolute atomic E-state index is 5.36. The molecule has 0 unspecified atom stereocenters. The zero-order valence-corrected chi connectivity index (χ0v) is 7.14. The zero-order valence-electron chi connectivity index (χ0n) is 7.14. The molecule has 1 saturated heterocycles. The summed E-state index contributed by atoms with van der Waals surface area (Å²) in [5.74, 6) is 0. The molecule has 3 nitrogen and oxygen atoms in total. The van der Waals surface area contributed by atoms with E-state index in [4.69, 9.17) is 9.31 Å². The van der Waals surface area contributed by atoms with Crippen LogP contribution in [0.3, 0.4) is 0 Å². The van der Waals surface area contributed by atoms with Gasteiger partial charge in [0.15, 0.2) is 0 Å². The first-order chi connectivity index (χ1) is 5.39. The molecule has 0 amide bonds. The molecule has 4 heteroatoms. The van der Waals surface area contributed by atoms with E-state index in [9.17, 15) is 0 Å². The molecule has 0 aromatic heterocycles. The van der Waals surface area contributed by atoms with Crippen LogP contribution in [0.1, 0.15) is 12.8 Å². The van der Waals surface area contributed by atoms with Crippen molar-refractivity contribution in [3.63, 3.8) is 0 Å². The van der Waals surface area contributed by atoms with Crippen LogP contribution in [0, 0.1) is 0 Å². The van der Waals surface area contributed by atoms with Crippen LogP contribution < -0.4 is 5.32 Å². The van der Waals surface area contributed by atoms with Gasteiger partial charge in [-0.25, -0.2) is 0 Å². The predicted molar refractivity (Wildman–Crippen MR) is 45.6 cm³/mol. The highest BCUT2D eigenvalue weighted by atomic mass is 16.6. The SMILES string of the molecule is CB1OCCCNCCCO1. The minimum Gasteiger partial charge on any atom is -0.411 e. The standard InChI is InChI=1S/C7H16BNO2/c1-8-10-6-2-4-9-5-3-7-11-8/h9H,2-7H2,1H3. The molecule has 1 aliphatic rings. The van der Waals surface area contributed by atoms with Crippen LogP contribution in [-0.4, -0.2) is 33.4 Å². The fourth-order valence-electron chi connectivity index (χ4n) is 1.07. The van der Waals surface area contributed by atoms with Crippen molar-refractivity contribution in [2.24, 2.45) is 0 Å². The van der Waals surface area contributed by atoms with E-state index in [2.05, 4.69) is 5.32 Å². The van der Waals surface area contributed by atoms with Crippen molar-refractivity contribution in [2.75, 3.05) is 26.3 Å². The highest BCUT2D eigenvalue weighted by molar-refractivity contribution is 6.42. The molecule has 0 aliphatic carbocycles. The van der Waals surface area contributed by atoms with Crippen molar-refractivity contribution >= 4 is 7.12 Å². The number of nitrogens with one attached hydrogen (secondary N) is 1. The Balaban J connectivity index is 2.12. The van der Waals surface area contributed by atoms with Crippen molar-refractivity contribution < 1.29 is 9.31 Å². The lowest BCUT2D eigenvalue weighted by molar-refractivity contribution is 0.190. The van der Waals surface area contributed by atoms with Gasteiger partial charge in [0.05, 0.1) is 0 Å². The third-order valence-corrected chi connectivity index (χ3v) is 1.70. The van der Waals surface area contributed by atoms with E-state index in [1.54, 1.807) is 0 Å². The molecule has 64 valence electrons. The molecule has 0 aromatic carbocycles. The van der Waals surface area contributed by atoms with Gasteiger partial charge in [-0.1, -0.05) is 0 Å². The molecule has 1 heterocycles. The smallest absolute Gasteiger partial charge is 0.411 e. The zero-order chi connectivity index (χ0) is 7.94. The topological polar surface area (TPSA) is 30.5 Å². The van der Waals surface area contributed by atoms with Gasteiger partial charge in [0, 0.05) is 13.2 Å². The van der Waals surface area contributed by atoms with E-state index < -0.39 is 0 Å². The summed E-state index contributed by atoms with van der Waals surface area (Å²) in [6.45, 7) is 5.68. The molecule has 1 N–H and O–H groups in total. The van der Waals surface area contributed by atoms with Gasteiger partial charge >= 0.3 is 7.12 Å². The second-order valence-corrected chi connectivity index (χ2v) is 2.77. The largest absolute Gasteiger partial charge is 0.453 e. The summed E-state index contributed by atoms with van der Waals surface area (Å²) in [7, 11) is -0.0203. The van der Waals surface area contributed by atoms with Crippen LogP contribution in [0.4, 0.5) is 0 Å². The summed E-state index contributed by atoms with van der Waals surface area (Å²) in [5.41, 5.74) is 0. The third kappa shape index (κ3) is 4.40. The van der Waals surface area contributed by atoms with Gasteiger partial charge in [0.1, 0.15) is 0 Å². The summed E-state index contributed by atoms with van der Waals surface area (Å²) in [6, 6.07) is 0. The maximum atomic E-state index is 5.36. The first-order valence-corrected chi connectivity index (χ1v) is 4.33. The van der Waals surface area contributed by atoms with Gasteiger partial charge in [-0.15, -0.1) is 0 Å². The molecule has 0 saturated carbocycles. The molecule has 0 aromatic rings. The van der Waals surface area contributed by atoms with Crippen LogP contribution in [0.15, 0.2) is 0 Å². The molecule has 0 radical (unpaired) electrons. The summed E-state index contributed by atoms with van der Waals surface area (Å²) in [5, 5.41) is 3.31. The van der Waals surface area contributed by atoms with Crippen molar-refractivity contribution in [3.8, 4) is 0 Å². The molecular formula is C7H16BNO2. The molecule has 0 bridgehead atoms. The fraction of sp³-hybridized carbons (Fsp3) is 1.00. The Morgan fingerprint density at radius 1 is 1.09 bits per heavy atom. The first kappa shape index (κ1) is 9.04. The van der Waals surface area contributed by atoms with Gasteiger partial charge in [-0.2, -0.15) is 0 Å². The van der Waals surface area contributed by atoms with Crippen LogP contribution in [-0.2, 0) is 9.31 Å². The van der Waals surface area contributed by atoms with E-state index in [1.807, 2.05) is 6.82 Å². The van der Waals surface area contributed by atoms with Crippen molar-refractivity contribution in [2.45, 2.75) is 19.7 Å². The quantitative estimate of drug-likeness (QED) is 0.520. The minimum atomic E-state index is -0.0203. The lowest BCUT2D eigenvalue weighted by Crippen LogP contribution is -2.27. The van der Waals surface area contributed by atoms with Gasteiger partial charge in [-0.3, -0.25) is 0 Å². The lowest BCUT2D eigenvalue weighted by atomic mass is 9.95. The Morgan fingerprint density at radius 2 is 1.64 bits per heavy atom. The molecular weight excluding hydrogens is 141 g/mol. The average molecular weight is 157 g/mol. The van der Waals surface area contributed by atoms with Crippen LogP contribution in [0.25, 0.3) is 0 Å². The predicted octanol–water partition coefficient (Wildman–Crippen LogP) is 0.521. The number of rotatable bonds is 0. The van der Waals surface area contributed by atoms with Gasteiger partial charge in [0.25, 0.3) is 0 Å². The Morgan fingerprint density at radius 3 is 2.18 bits per heavy atom. The Bertz CT molecular complexity index is 92.4. The van der Waals surface area contributed by atoms with Gasteiger partial charge < -0.3 is 14.6 Å². The molecule has 1 rings (SSSR count). The summed E-state index contributed by atoms with van der Waals surface area (Å²) in [4.78, 5) is 0. The lowest BCUT2D eigenvalue weighted by Gasteiger charge is -2.13. The highest BCUT2D eigenvalue weighted by Crippen LogP contribution is 1.94. The Kier molecular flexibility index (Phi) is 4.58. The van der Waals surface area contributed by atoms with E-state index in [1.165, 1.54) is 0 Å². The molecule has 0 spiro atoms. The van der Waals surface area contributed by atoms with Crippen LogP contribution >= 0.6 is 0 Å². The Hall–Kier alpha value is -0.0551. The van der Waals surface area contributed by atoms with Gasteiger partial charge in [0.2, 0.25) is 0 Å². The minimum absolute atomic E-state index is 0.0203. The van der Waals surface area contributed by atoms with Crippen LogP contribution in [0.5, 0.6) is 0 Å². The fourth-order valence-corrected chi connectivity index (χ4v) is 1.07. The summed E-state index contributed by atoms with van der Waals surface area (Å²) < 4.78 is 10.7. The number of hydrogen-bond donors (Lipinski definition) is 1. The maximum Gasteiger partial charge on any atom is 0.453 e. The molecule has 1 fully saturated rings.